The van der Waals surface area contributed by atoms with E-state index in [1.807, 2.05) is 26.8 Å². The Morgan fingerprint density at radius 2 is 2.21 bits per heavy atom. The number of carbonyl (C=O) groups excluding carboxylic acids is 1. The molecule has 0 aliphatic carbocycles. The summed E-state index contributed by atoms with van der Waals surface area (Å²) >= 11 is 0. The number of methoxy groups -OCH3 is 1. The van der Waals surface area contributed by atoms with Gasteiger partial charge in [0.25, 0.3) is 0 Å². The molecule has 1 atom stereocenters. The van der Waals surface area contributed by atoms with Crippen LogP contribution in [0.25, 0.3) is 0 Å². The Balaban J connectivity index is 1.99. The normalized spacial score (nSPS) is 18.2. The lowest BCUT2D eigenvalue weighted by molar-refractivity contribution is -0.0415. The maximum atomic E-state index is 12.2. The second kappa shape index (κ2) is 7.72. The van der Waals surface area contributed by atoms with Crippen LogP contribution >= 0.6 is 0 Å². The first-order valence-corrected chi connectivity index (χ1v) is 7.99. The molecule has 1 fully saturated rings. The number of ether oxygens (including phenoxy) is 3. The van der Waals surface area contributed by atoms with E-state index in [4.69, 9.17) is 14.2 Å². The maximum absolute atomic E-state index is 12.2. The number of carbonyl (C=O) groups is 1. The average Bonchev–Trinajstić information content (AvgIpc) is 2.53. The molecule has 0 aromatic heterocycles. The van der Waals surface area contributed by atoms with Gasteiger partial charge in [0.15, 0.2) is 0 Å². The summed E-state index contributed by atoms with van der Waals surface area (Å²) in [6, 6.07) is 5.49. The number of rotatable bonds is 4. The number of hydrogen-bond donors (Lipinski definition) is 2. The van der Waals surface area contributed by atoms with Crippen LogP contribution in [0.1, 0.15) is 26.3 Å². The standard InChI is InChI=1S/C17H26N2O5/c1-17(2,3)24-16(20)19-7-8-23-13(11-19)9-12-5-6-15(22-4)14(10-12)18-21/h5-6,10,13,18,21H,7-9,11H2,1-4H3. The zero-order valence-corrected chi connectivity index (χ0v) is 14.7. The number of anilines is 1. The van der Waals surface area contributed by atoms with E-state index >= 15 is 0 Å². The Morgan fingerprint density at radius 3 is 2.83 bits per heavy atom. The molecule has 0 bridgehead atoms. The molecule has 0 saturated carbocycles. The number of amides is 1. The third kappa shape index (κ3) is 5.01. The van der Waals surface area contributed by atoms with Gasteiger partial charge in [0.05, 0.1) is 26.4 Å². The molecule has 1 aromatic rings. The lowest BCUT2D eigenvalue weighted by Crippen LogP contribution is -2.48. The van der Waals surface area contributed by atoms with E-state index in [2.05, 4.69) is 5.48 Å². The van der Waals surface area contributed by atoms with Gasteiger partial charge in [-0.1, -0.05) is 6.07 Å². The zero-order chi connectivity index (χ0) is 17.7. The fourth-order valence-electron chi connectivity index (χ4n) is 2.57. The molecule has 0 spiro atoms. The van der Waals surface area contributed by atoms with Crippen molar-refractivity contribution in [2.24, 2.45) is 0 Å². The summed E-state index contributed by atoms with van der Waals surface area (Å²) < 4.78 is 16.3. The van der Waals surface area contributed by atoms with E-state index in [0.29, 0.717) is 37.6 Å². The molecule has 1 amide bonds. The highest BCUT2D eigenvalue weighted by Gasteiger charge is 2.28. The third-order valence-corrected chi connectivity index (χ3v) is 3.64. The first kappa shape index (κ1) is 18.4. The summed E-state index contributed by atoms with van der Waals surface area (Å²) in [7, 11) is 1.54. The lowest BCUT2D eigenvalue weighted by Gasteiger charge is -2.34. The maximum Gasteiger partial charge on any atom is 0.410 e. The van der Waals surface area contributed by atoms with E-state index in [-0.39, 0.29) is 12.2 Å². The minimum atomic E-state index is -0.511. The van der Waals surface area contributed by atoms with E-state index in [9.17, 15) is 10.0 Å². The zero-order valence-electron chi connectivity index (χ0n) is 14.7. The van der Waals surface area contributed by atoms with Crippen LogP contribution in [-0.2, 0) is 15.9 Å². The molecule has 7 heteroatoms. The molecule has 2 N–H and O–H groups in total. The second-order valence-electron chi connectivity index (χ2n) is 6.77. The van der Waals surface area contributed by atoms with Crippen molar-refractivity contribution in [2.45, 2.75) is 38.9 Å². The molecule has 1 aliphatic heterocycles. The van der Waals surface area contributed by atoms with Crippen LogP contribution in [0, 0.1) is 0 Å². The lowest BCUT2D eigenvalue weighted by atomic mass is 10.1. The molecule has 0 radical (unpaired) electrons. The van der Waals surface area contributed by atoms with E-state index < -0.39 is 5.60 Å². The van der Waals surface area contributed by atoms with Gasteiger partial charge in [-0.25, -0.2) is 4.79 Å². The largest absolute Gasteiger partial charge is 0.495 e. The van der Waals surface area contributed by atoms with Crippen molar-refractivity contribution in [3.05, 3.63) is 23.8 Å². The van der Waals surface area contributed by atoms with Crippen molar-refractivity contribution >= 4 is 11.8 Å². The summed E-state index contributed by atoms with van der Waals surface area (Å²) in [5, 5.41) is 9.17. The third-order valence-electron chi connectivity index (χ3n) is 3.64. The van der Waals surface area contributed by atoms with Crippen LogP contribution in [0.2, 0.25) is 0 Å². The second-order valence-corrected chi connectivity index (χ2v) is 6.77. The van der Waals surface area contributed by atoms with Gasteiger partial charge in [-0.05, 0) is 38.5 Å². The highest BCUT2D eigenvalue weighted by atomic mass is 16.6. The van der Waals surface area contributed by atoms with E-state index in [0.717, 1.165) is 5.56 Å². The minimum Gasteiger partial charge on any atom is -0.495 e. The molecule has 1 heterocycles. The summed E-state index contributed by atoms with van der Waals surface area (Å²) in [5.41, 5.74) is 3.09. The van der Waals surface area contributed by atoms with Gasteiger partial charge >= 0.3 is 6.09 Å². The molecule has 2 rings (SSSR count). The van der Waals surface area contributed by atoms with Gasteiger partial charge in [0, 0.05) is 13.0 Å². The Morgan fingerprint density at radius 1 is 1.46 bits per heavy atom. The fraction of sp³-hybridized carbons (Fsp3) is 0.588. The summed E-state index contributed by atoms with van der Waals surface area (Å²) in [4.78, 5) is 13.9. The van der Waals surface area contributed by atoms with Gasteiger partial charge < -0.3 is 19.1 Å². The smallest absolute Gasteiger partial charge is 0.410 e. The highest BCUT2D eigenvalue weighted by molar-refractivity contribution is 5.68. The molecule has 134 valence electrons. The quantitative estimate of drug-likeness (QED) is 0.822. The first-order chi connectivity index (χ1) is 11.3. The minimum absolute atomic E-state index is 0.119. The van der Waals surface area contributed by atoms with Crippen LogP contribution in [0.5, 0.6) is 5.75 Å². The van der Waals surface area contributed by atoms with Crippen molar-refractivity contribution < 1.29 is 24.2 Å². The van der Waals surface area contributed by atoms with Crippen molar-refractivity contribution in [2.75, 3.05) is 32.3 Å². The van der Waals surface area contributed by atoms with Crippen molar-refractivity contribution in [3.63, 3.8) is 0 Å². The van der Waals surface area contributed by atoms with E-state index in [1.54, 1.807) is 24.1 Å². The monoisotopic (exact) mass is 338 g/mol. The molecular weight excluding hydrogens is 312 g/mol. The molecule has 7 nitrogen and oxygen atoms in total. The van der Waals surface area contributed by atoms with Crippen LogP contribution in [0.4, 0.5) is 10.5 Å². The SMILES string of the molecule is COc1ccc(CC2CN(C(=O)OC(C)(C)C)CCO2)cc1NO. The van der Waals surface area contributed by atoms with Crippen molar-refractivity contribution in [1.29, 1.82) is 0 Å². The van der Waals surface area contributed by atoms with Gasteiger partial charge in [-0.2, -0.15) is 0 Å². The molecule has 1 aliphatic rings. The topological polar surface area (TPSA) is 80.3 Å². The van der Waals surface area contributed by atoms with Crippen molar-refractivity contribution in [1.82, 2.24) is 4.90 Å². The van der Waals surface area contributed by atoms with Crippen LogP contribution in [0.3, 0.4) is 0 Å². The molecule has 24 heavy (non-hydrogen) atoms. The molecular formula is C17H26N2O5. The predicted octanol–water partition coefficient (Wildman–Crippen LogP) is 2.67. The predicted molar refractivity (Wildman–Crippen MR) is 89.7 cm³/mol. The number of benzene rings is 1. The Labute approximate surface area is 142 Å². The summed E-state index contributed by atoms with van der Waals surface area (Å²) in [5.74, 6) is 0.557. The summed E-state index contributed by atoms with van der Waals surface area (Å²) in [6.45, 7) is 7.03. The van der Waals surface area contributed by atoms with Gasteiger partial charge in [0.2, 0.25) is 0 Å². The summed E-state index contributed by atoms with van der Waals surface area (Å²) in [6.07, 6.45) is 0.187. The van der Waals surface area contributed by atoms with Gasteiger partial charge in [-0.15, -0.1) is 0 Å². The molecule has 1 saturated heterocycles. The Bertz CT molecular complexity index is 571. The fourth-order valence-corrected chi connectivity index (χ4v) is 2.57. The first-order valence-electron chi connectivity index (χ1n) is 7.99. The number of nitrogens with one attached hydrogen (secondary N) is 1. The highest BCUT2D eigenvalue weighted by Crippen LogP contribution is 2.26. The molecule has 1 unspecified atom stereocenters. The Hall–Kier alpha value is -1.99. The van der Waals surface area contributed by atoms with E-state index in [1.165, 1.54) is 0 Å². The van der Waals surface area contributed by atoms with Crippen molar-refractivity contribution in [3.8, 4) is 5.75 Å². The van der Waals surface area contributed by atoms with Gasteiger partial charge in [0.1, 0.15) is 17.0 Å². The number of hydrogen-bond acceptors (Lipinski definition) is 6. The van der Waals surface area contributed by atoms with Crippen LogP contribution in [0.15, 0.2) is 18.2 Å². The number of morpholine rings is 1. The molecule has 1 aromatic carbocycles. The number of nitrogens with zero attached hydrogens (tertiary/aromatic N) is 1. The Kier molecular flexibility index (Phi) is 5.90. The van der Waals surface area contributed by atoms with Crippen LogP contribution < -0.4 is 10.2 Å². The average molecular weight is 338 g/mol. The van der Waals surface area contributed by atoms with Crippen LogP contribution in [-0.4, -0.2) is 54.7 Å². The van der Waals surface area contributed by atoms with Gasteiger partial charge in [-0.3, -0.25) is 10.7 Å².